The predicted molar refractivity (Wildman–Crippen MR) is 62.6 cm³/mol. The monoisotopic (exact) mass is 249 g/mol. The highest BCUT2D eigenvalue weighted by Gasteiger charge is 2.10. The van der Waals surface area contributed by atoms with Gasteiger partial charge in [0.1, 0.15) is 0 Å². The molecule has 0 aliphatic heterocycles. The van der Waals surface area contributed by atoms with Gasteiger partial charge < -0.3 is 0 Å². The Kier molecular flexibility index (Phi) is 3.49. The minimum atomic E-state index is -0.396. The Hall–Kier alpha value is -1.07. The van der Waals surface area contributed by atoms with E-state index >= 15 is 0 Å². The number of benzene rings is 1. The second-order valence-electron chi connectivity index (χ2n) is 3.72. The van der Waals surface area contributed by atoms with Gasteiger partial charge in [-0.2, -0.15) is 5.26 Å². The number of nitrogens with zero attached hydrogens (tertiary/aromatic N) is 1. The van der Waals surface area contributed by atoms with E-state index in [-0.39, 0.29) is 0 Å². The maximum Gasteiger partial charge on any atom is 0.0725 e. The van der Waals surface area contributed by atoms with Gasteiger partial charge in [0.05, 0.1) is 11.5 Å². The molecule has 0 heterocycles. The van der Waals surface area contributed by atoms with Crippen molar-refractivity contribution >= 4 is 22.0 Å². The molecule has 0 fully saturated rings. The van der Waals surface area contributed by atoms with E-state index in [0.29, 0.717) is 0 Å². The van der Waals surface area contributed by atoms with Gasteiger partial charge >= 0.3 is 0 Å². The van der Waals surface area contributed by atoms with Crippen LogP contribution in [0.2, 0.25) is 0 Å². The molecule has 72 valence electrons. The highest BCUT2D eigenvalue weighted by molar-refractivity contribution is 9.10. The third-order valence-corrected chi connectivity index (χ3v) is 2.38. The molecule has 1 aromatic carbocycles. The molecular formula is C12H12BrN. The first-order chi connectivity index (χ1) is 6.53. The van der Waals surface area contributed by atoms with Crippen LogP contribution >= 0.6 is 15.9 Å². The second-order valence-corrected chi connectivity index (χ2v) is 4.63. The number of hydrogen-bond acceptors (Lipinski definition) is 1. The van der Waals surface area contributed by atoms with Crippen LogP contribution < -0.4 is 0 Å². The Balaban J connectivity index is 2.80. The first kappa shape index (κ1) is 11.0. The largest absolute Gasteiger partial charge is 0.197 e. The molecule has 1 aromatic rings. The van der Waals surface area contributed by atoms with Crippen LogP contribution in [0.5, 0.6) is 0 Å². The lowest BCUT2D eigenvalue weighted by Crippen LogP contribution is -2.01. The fourth-order valence-corrected chi connectivity index (χ4v) is 1.18. The fraction of sp³-hybridized carbons (Fsp3) is 0.250. The van der Waals surface area contributed by atoms with Crippen LogP contribution in [0.25, 0.3) is 6.08 Å². The molecule has 14 heavy (non-hydrogen) atoms. The lowest BCUT2D eigenvalue weighted by molar-refractivity contribution is 0.647. The van der Waals surface area contributed by atoms with Crippen LogP contribution in [0.3, 0.4) is 0 Å². The van der Waals surface area contributed by atoms with Gasteiger partial charge in [0.15, 0.2) is 0 Å². The Morgan fingerprint density at radius 3 is 2.36 bits per heavy atom. The van der Waals surface area contributed by atoms with E-state index in [9.17, 15) is 0 Å². The molecular weight excluding hydrogens is 238 g/mol. The zero-order chi connectivity index (χ0) is 10.6. The van der Waals surface area contributed by atoms with Crippen LogP contribution in [0.1, 0.15) is 19.4 Å². The van der Waals surface area contributed by atoms with E-state index in [1.54, 1.807) is 0 Å². The summed E-state index contributed by atoms with van der Waals surface area (Å²) in [6.45, 7) is 3.78. The van der Waals surface area contributed by atoms with E-state index in [1.807, 2.05) is 50.3 Å². The molecule has 2 heteroatoms. The molecule has 0 spiro atoms. The van der Waals surface area contributed by atoms with Crippen molar-refractivity contribution in [2.45, 2.75) is 13.8 Å². The smallest absolute Gasteiger partial charge is 0.0725 e. The van der Waals surface area contributed by atoms with Gasteiger partial charge in [-0.1, -0.05) is 40.2 Å². The summed E-state index contributed by atoms with van der Waals surface area (Å²) in [6, 6.07) is 10.2. The van der Waals surface area contributed by atoms with E-state index < -0.39 is 5.41 Å². The number of hydrogen-bond donors (Lipinski definition) is 0. The molecule has 0 aliphatic carbocycles. The molecule has 0 unspecified atom stereocenters. The van der Waals surface area contributed by atoms with Crippen molar-refractivity contribution in [3.8, 4) is 6.07 Å². The average molecular weight is 250 g/mol. The quantitative estimate of drug-likeness (QED) is 0.777. The third kappa shape index (κ3) is 3.35. The van der Waals surface area contributed by atoms with Crippen LogP contribution in [0.4, 0.5) is 0 Å². The highest BCUT2D eigenvalue weighted by atomic mass is 79.9. The molecule has 1 nitrogen and oxygen atoms in total. The van der Waals surface area contributed by atoms with Gasteiger partial charge in [-0.3, -0.25) is 0 Å². The van der Waals surface area contributed by atoms with Crippen LogP contribution in [0, 0.1) is 16.7 Å². The van der Waals surface area contributed by atoms with Gasteiger partial charge in [0, 0.05) is 4.47 Å². The number of rotatable bonds is 2. The van der Waals surface area contributed by atoms with Crippen molar-refractivity contribution in [1.29, 1.82) is 5.26 Å². The number of nitriles is 1. The molecule has 0 saturated heterocycles. The molecule has 1 rings (SSSR count). The van der Waals surface area contributed by atoms with E-state index in [4.69, 9.17) is 5.26 Å². The summed E-state index contributed by atoms with van der Waals surface area (Å²) >= 11 is 3.37. The minimum Gasteiger partial charge on any atom is -0.197 e. The summed E-state index contributed by atoms with van der Waals surface area (Å²) in [7, 11) is 0. The van der Waals surface area contributed by atoms with E-state index in [1.165, 1.54) is 0 Å². The summed E-state index contributed by atoms with van der Waals surface area (Å²) in [6.07, 6.45) is 3.88. The molecule has 0 atom stereocenters. The molecule has 0 radical (unpaired) electrons. The maximum atomic E-state index is 8.81. The summed E-state index contributed by atoms with van der Waals surface area (Å²) in [5.74, 6) is 0. The Bertz CT molecular complexity index is 368. The van der Waals surface area contributed by atoms with E-state index in [0.717, 1.165) is 10.0 Å². The Morgan fingerprint density at radius 1 is 1.29 bits per heavy atom. The molecule has 0 aromatic heterocycles. The molecule has 0 amide bonds. The summed E-state index contributed by atoms with van der Waals surface area (Å²) in [5.41, 5.74) is 0.712. The lowest BCUT2D eigenvalue weighted by atomic mass is 9.94. The van der Waals surface area contributed by atoms with Gasteiger partial charge in [-0.15, -0.1) is 0 Å². The number of halogens is 1. The fourth-order valence-electron chi connectivity index (χ4n) is 0.916. The second kappa shape index (κ2) is 4.43. The van der Waals surface area contributed by atoms with Crippen molar-refractivity contribution in [2.75, 3.05) is 0 Å². The van der Waals surface area contributed by atoms with Gasteiger partial charge in [-0.25, -0.2) is 0 Å². The normalized spacial score (nSPS) is 11.6. The van der Waals surface area contributed by atoms with Crippen LogP contribution in [0.15, 0.2) is 34.8 Å². The number of allylic oxidation sites excluding steroid dienone is 1. The first-order valence-electron chi connectivity index (χ1n) is 4.39. The SMILES string of the molecule is CC(C)(C#N)/C=C/c1ccc(Br)cc1. The topological polar surface area (TPSA) is 23.8 Å². The van der Waals surface area contributed by atoms with Crippen molar-refractivity contribution in [3.05, 3.63) is 40.4 Å². The third-order valence-electron chi connectivity index (χ3n) is 1.85. The Morgan fingerprint density at radius 2 is 1.86 bits per heavy atom. The van der Waals surface area contributed by atoms with Gasteiger partial charge in [-0.05, 0) is 31.5 Å². The van der Waals surface area contributed by atoms with Crippen molar-refractivity contribution in [2.24, 2.45) is 5.41 Å². The molecule has 0 N–H and O–H groups in total. The maximum absolute atomic E-state index is 8.81. The zero-order valence-electron chi connectivity index (χ0n) is 8.29. The summed E-state index contributed by atoms with van der Waals surface area (Å²) in [4.78, 5) is 0. The van der Waals surface area contributed by atoms with Crippen molar-refractivity contribution < 1.29 is 0 Å². The standard InChI is InChI=1S/C12H12BrN/c1-12(2,9-14)8-7-10-3-5-11(13)6-4-10/h3-8H,1-2H3/b8-7+. The summed E-state index contributed by atoms with van der Waals surface area (Å²) in [5, 5.41) is 8.81. The molecule has 0 aliphatic rings. The van der Waals surface area contributed by atoms with Crippen LogP contribution in [-0.4, -0.2) is 0 Å². The average Bonchev–Trinajstić information content (AvgIpc) is 2.17. The minimum absolute atomic E-state index is 0.396. The predicted octanol–water partition coefficient (Wildman–Crippen LogP) is 4.01. The molecule has 0 bridgehead atoms. The highest BCUT2D eigenvalue weighted by Crippen LogP contribution is 2.18. The van der Waals surface area contributed by atoms with E-state index in [2.05, 4.69) is 22.0 Å². The van der Waals surface area contributed by atoms with Crippen molar-refractivity contribution in [3.63, 3.8) is 0 Å². The van der Waals surface area contributed by atoms with Crippen LogP contribution in [-0.2, 0) is 0 Å². The summed E-state index contributed by atoms with van der Waals surface area (Å²) < 4.78 is 1.06. The van der Waals surface area contributed by atoms with Gasteiger partial charge in [0.2, 0.25) is 0 Å². The Labute approximate surface area is 93.2 Å². The lowest BCUT2D eigenvalue weighted by Gasteiger charge is -2.07. The molecule has 0 saturated carbocycles. The van der Waals surface area contributed by atoms with Crippen molar-refractivity contribution in [1.82, 2.24) is 0 Å². The zero-order valence-corrected chi connectivity index (χ0v) is 9.88. The first-order valence-corrected chi connectivity index (χ1v) is 5.19. The van der Waals surface area contributed by atoms with Gasteiger partial charge in [0.25, 0.3) is 0 Å².